The summed E-state index contributed by atoms with van der Waals surface area (Å²) in [6.07, 6.45) is 2.10. The highest BCUT2D eigenvalue weighted by molar-refractivity contribution is 6.00. The molecular weight excluding hydrogens is 312 g/mol. The Kier molecular flexibility index (Phi) is 5.37. The Morgan fingerprint density at radius 2 is 1.96 bits per heavy atom. The average molecular weight is 337 g/mol. The van der Waals surface area contributed by atoms with E-state index in [0.29, 0.717) is 11.8 Å². The van der Waals surface area contributed by atoms with Crippen molar-refractivity contribution in [2.75, 3.05) is 6.54 Å². The lowest BCUT2D eigenvalue weighted by atomic mass is 9.99. The molecule has 2 atom stereocenters. The third kappa shape index (κ3) is 3.24. The monoisotopic (exact) mass is 336 g/mol. The van der Waals surface area contributed by atoms with Crippen LogP contribution >= 0.6 is 12.4 Å². The van der Waals surface area contributed by atoms with E-state index in [2.05, 4.69) is 30.5 Å². The van der Waals surface area contributed by atoms with Crippen LogP contribution in [0.15, 0.2) is 16.5 Å². The lowest BCUT2D eigenvalue weighted by Gasteiger charge is -2.30. The van der Waals surface area contributed by atoms with Crippen LogP contribution in [0.5, 0.6) is 0 Å². The van der Waals surface area contributed by atoms with Gasteiger partial charge < -0.3 is 15.1 Å². The average Bonchev–Trinajstić information content (AvgIpc) is 2.84. The highest BCUT2D eigenvalue weighted by Crippen LogP contribution is 2.30. The Bertz CT molecular complexity index is 723. The Hall–Kier alpha value is -1.52. The van der Waals surface area contributed by atoms with Gasteiger partial charge in [0.25, 0.3) is 5.91 Å². The summed E-state index contributed by atoms with van der Waals surface area (Å²) in [4.78, 5) is 12.6. The van der Waals surface area contributed by atoms with Crippen LogP contribution in [0.1, 0.15) is 47.0 Å². The first kappa shape index (κ1) is 17.8. The minimum Gasteiger partial charge on any atom is -0.450 e. The van der Waals surface area contributed by atoms with Crippen LogP contribution in [0, 0.1) is 20.8 Å². The fourth-order valence-electron chi connectivity index (χ4n) is 3.37. The van der Waals surface area contributed by atoms with Gasteiger partial charge >= 0.3 is 0 Å². The van der Waals surface area contributed by atoms with E-state index in [4.69, 9.17) is 4.42 Å². The zero-order valence-corrected chi connectivity index (χ0v) is 15.0. The molecule has 2 unspecified atom stereocenters. The van der Waals surface area contributed by atoms with E-state index in [0.717, 1.165) is 47.0 Å². The maximum Gasteiger partial charge on any atom is 0.287 e. The minimum absolute atomic E-state index is 0. The molecule has 2 aromatic rings. The van der Waals surface area contributed by atoms with Gasteiger partial charge in [0.2, 0.25) is 0 Å². The second-order valence-corrected chi connectivity index (χ2v) is 6.42. The molecule has 23 heavy (non-hydrogen) atoms. The summed E-state index contributed by atoms with van der Waals surface area (Å²) >= 11 is 0. The first-order valence-electron chi connectivity index (χ1n) is 8.02. The fraction of sp³-hybridized carbons (Fsp3) is 0.500. The smallest absolute Gasteiger partial charge is 0.287 e. The van der Waals surface area contributed by atoms with Gasteiger partial charge in [-0.25, -0.2) is 0 Å². The van der Waals surface area contributed by atoms with Crippen LogP contribution in [0.25, 0.3) is 11.0 Å². The van der Waals surface area contributed by atoms with E-state index in [1.54, 1.807) is 0 Å². The maximum atomic E-state index is 12.6. The van der Waals surface area contributed by atoms with Crippen molar-refractivity contribution in [2.45, 2.75) is 52.6 Å². The predicted molar refractivity (Wildman–Crippen MR) is 95.6 cm³/mol. The van der Waals surface area contributed by atoms with Gasteiger partial charge in [-0.2, -0.15) is 0 Å². The van der Waals surface area contributed by atoms with Gasteiger partial charge in [0.05, 0.1) is 0 Å². The zero-order valence-electron chi connectivity index (χ0n) is 14.2. The molecule has 3 rings (SSSR count). The number of piperidine rings is 1. The van der Waals surface area contributed by atoms with E-state index in [-0.39, 0.29) is 24.4 Å². The number of hydrogen-bond acceptors (Lipinski definition) is 3. The van der Waals surface area contributed by atoms with Crippen molar-refractivity contribution in [1.82, 2.24) is 10.6 Å². The quantitative estimate of drug-likeness (QED) is 0.880. The topological polar surface area (TPSA) is 54.3 Å². The fourth-order valence-corrected chi connectivity index (χ4v) is 3.37. The second-order valence-electron chi connectivity index (χ2n) is 6.42. The standard InChI is InChI=1S/C18H24N2O2.ClH/c1-10-7-8-11(2)16-15(10)12(3)17(22-16)18(21)20-14-6-5-9-19-13(14)4;/h7-8,13-14,19H,5-6,9H2,1-4H3,(H,20,21);1H. The summed E-state index contributed by atoms with van der Waals surface area (Å²) in [6.45, 7) is 9.17. The van der Waals surface area contributed by atoms with Crippen LogP contribution < -0.4 is 10.6 Å². The van der Waals surface area contributed by atoms with Crippen LogP contribution in [0.3, 0.4) is 0 Å². The van der Waals surface area contributed by atoms with Crippen LogP contribution in [-0.2, 0) is 0 Å². The zero-order chi connectivity index (χ0) is 15.9. The van der Waals surface area contributed by atoms with E-state index >= 15 is 0 Å². The van der Waals surface area contributed by atoms with Gasteiger partial charge in [-0.1, -0.05) is 12.1 Å². The van der Waals surface area contributed by atoms with Gasteiger partial charge in [0, 0.05) is 23.0 Å². The number of furan rings is 1. The number of rotatable bonds is 2. The lowest BCUT2D eigenvalue weighted by Crippen LogP contribution is -2.51. The normalized spacial score (nSPS) is 21.0. The molecule has 0 aliphatic carbocycles. The number of carbonyl (C=O) groups is 1. The summed E-state index contributed by atoms with van der Waals surface area (Å²) in [5, 5.41) is 7.60. The highest BCUT2D eigenvalue weighted by Gasteiger charge is 2.26. The summed E-state index contributed by atoms with van der Waals surface area (Å²) in [6, 6.07) is 4.58. The highest BCUT2D eigenvalue weighted by atomic mass is 35.5. The molecule has 1 aliphatic rings. The maximum absolute atomic E-state index is 12.6. The van der Waals surface area contributed by atoms with Crippen molar-refractivity contribution in [3.05, 3.63) is 34.6 Å². The third-order valence-corrected chi connectivity index (χ3v) is 4.77. The van der Waals surface area contributed by atoms with Gasteiger partial charge in [0.1, 0.15) is 5.58 Å². The Morgan fingerprint density at radius 1 is 1.26 bits per heavy atom. The summed E-state index contributed by atoms with van der Waals surface area (Å²) in [5.74, 6) is 0.346. The number of nitrogens with one attached hydrogen (secondary N) is 2. The SMILES string of the molecule is Cc1ccc(C)c2c(C)c(C(=O)NC3CCCNC3C)oc12.Cl. The van der Waals surface area contributed by atoms with E-state index in [9.17, 15) is 4.79 Å². The molecule has 1 aliphatic heterocycles. The number of aryl methyl sites for hydroxylation is 3. The third-order valence-electron chi connectivity index (χ3n) is 4.77. The number of fused-ring (bicyclic) bond motifs is 1. The minimum atomic E-state index is -0.104. The molecule has 0 spiro atoms. The van der Waals surface area contributed by atoms with Crippen molar-refractivity contribution in [1.29, 1.82) is 0 Å². The largest absolute Gasteiger partial charge is 0.450 e. The number of carbonyl (C=O) groups excluding carboxylic acids is 1. The van der Waals surface area contributed by atoms with Gasteiger partial charge in [-0.15, -0.1) is 12.4 Å². The van der Waals surface area contributed by atoms with Crippen molar-refractivity contribution in [3.63, 3.8) is 0 Å². The second kappa shape index (κ2) is 6.93. The van der Waals surface area contributed by atoms with Crippen molar-refractivity contribution in [3.8, 4) is 0 Å². The number of hydrogen-bond donors (Lipinski definition) is 2. The molecule has 4 nitrogen and oxygen atoms in total. The Morgan fingerprint density at radius 3 is 2.61 bits per heavy atom. The van der Waals surface area contributed by atoms with Crippen molar-refractivity contribution in [2.24, 2.45) is 0 Å². The van der Waals surface area contributed by atoms with Crippen molar-refractivity contribution >= 4 is 29.3 Å². The summed E-state index contributed by atoms with van der Waals surface area (Å²) in [5.41, 5.74) is 3.98. The van der Waals surface area contributed by atoms with E-state index in [1.807, 2.05) is 19.9 Å². The van der Waals surface area contributed by atoms with Crippen molar-refractivity contribution < 1.29 is 9.21 Å². The Balaban J connectivity index is 0.00000192. The predicted octanol–water partition coefficient (Wildman–Crippen LogP) is 3.65. The Labute approximate surface area is 143 Å². The molecule has 0 bridgehead atoms. The molecule has 2 heterocycles. The van der Waals surface area contributed by atoms with Crippen LogP contribution in [0.2, 0.25) is 0 Å². The molecule has 1 aromatic carbocycles. The lowest BCUT2D eigenvalue weighted by molar-refractivity contribution is 0.0893. The molecular formula is C18H25ClN2O2. The molecule has 1 fully saturated rings. The van der Waals surface area contributed by atoms with Crippen LogP contribution in [0.4, 0.5) is 0 Å². The first-order valence-corrected chi connectivity index (χ1v) is 8.02. The first-order chi connectivity index (χ1) is 10.5. The molecule has 1 saturated heterocycles. The van der Waals surface area contributed by atoms with E-state index < -0.39 is 0 Å². The van der Waals surface area contributed by atoms with Gasteiger partial charge in [0.15, 0.2) is 5.76 Å². The molecule has 126 valence electrons. The van der Waals surface area contributed by atoms with Gasteiger partial charge in [-0.05, 0) is 58.2 Å². The molecule has 1 amide bonds. The molecule has 0 radical (unpaired) electrons. The molecule has 2 N–H and O–H groups in total. The molecule has 5 heteroatoms. The number of amides is 1. The van der Waals surface area contributed by atoms with E-state index in [1.165, 1.54) is 0 Å². The van der Waals surface area contributed by atoms with Gasteiger partial charge in [-0.3, -0.25) is 4.79 Å². The number of halogens is 1. The summed E-state index contributed by atoms with van der Waals surface area (Å²) < 4.78 is 5.92. The summed E-state index contributed by atoms with van der Waals surface area (Å²) in [7, 11) is 0. The van der Waals surface area contributed by atoms with Crippen LogP contribution in [-0.4, -0.2) is 24.5 Å². The molecule has 1 aromatic heterocycles. The molecule has 0 saturated carbocycles. The number of benzene rings is 1.